The summed E-state index contributed by atoms with van der Waals surface area (Å²) in [6, 6.07) is 4.07. The zero-order valence-electron chi connectivity index (χ0n) is 8.74. The Morgan fingerprint density at radius 2 is 1.93 bits per heavy atom. The Balaban J connectivity index is 2.92. The standard InChI is InChI=1S/C10H14BFO3/c1-10(2,13)6-7-3-4-8(11(14)15)9(12)5-7/h3-5,13-15H,6H2,1-2H3. The van der Waals surface area contributed by atoms with E-state index >= 15 is 0 Å². The first-order valence-electron chi connectivity index (χ1n) is 4.66. The highest BCUT2D eigenvalue weighted by Gasteiger charge is 2.18. The Morgan fingerprint density at radius 1 is 1.33 bits per heavy atom. The minimum Gasteiger partial charge on any atom is -0.423 e. The highest BCUT2D eigenvalue weighted by atomic mass is 19.1. The molecule has 1 aromatic rings. The Morgan fingerprint density at radius 3 is 2.33 bits per heavy atom. The lowest BCUT2D eigenvalue weighted by Crippen LogP contribution is -2.33. The van der Waals surface area contributed by atoms with Crippen LogP contribution in [0.2, 0.25) is 0 Å². The second kappa shape index (κ2) is 4.30. The Kier molecular flexibility index (Phi) is 3.49. The maximum Gasteiger partial charge on any atom is 0.491 e. The van der Waals surface area contributed by atoms with Gasteiger partial charge in [0, 0.05) is 11.9 Å². The van der Waals surface area contributed by atoms with E-state index in [4.69, 9.17) is 10.0 Å². The number of benzene rings is 1. The molecular weight excluding hydrogens is 198 g/mol. The van der Waals surface area contributed by atoms with Crippen molar-refractivity contribution in [2.45, 2.75) is 25.9 Å². The summed E-state index contributed by atoms with van der Waals surface area (Å²) >= 11 is 0. The van der Waals surface area contributed by atoms with Crippen LogP contribution in [0.1, 0.15) is 19.4 Å². The molecule has 3 N–H and O–H groups in total. The molecule has 0 fully saturated rings. The van der Waals surface area contributed by atoms with Gasteiger partial charge in [0.2, 0.25) is 0 Å². The fraction of sp³-hybridized carbons (Fsp3) is 0.400. The van der Waals surface area contributed by atoms with Gasteiger partial charge in [0.05, 0.1) is 5.60 Å². The van der Waals surface area contributed by atoms with Gasteiger partial charge in [-0.05, 0) is 25.5 Å². The summed E-state index contributed by atoms with van der Waals surface area (Å²) in [6.45, 7) is 3.25. The van der Waals surface area contributed by atoms with Crippen molar-refractivity contribution in [2.75, 3.05) is 0 Å². The molecule has 0 aliphatic rings. The van der Waals surface area contributed by atoms with E-state index in [1.807, 2.05) is 0 Å². The topological polar surface area (TPSA) is 60.7 Å². The third-order valence-corrected chi connectivity index (χ3v) is 1.98. The quantitative estimate of drug-likeness (QED) is 0.609. The van der Waals surface area contributed by atoms with Crippen LogP contribution in [-0.4, -0.2) is 27.9 Å². The summed E-state index contributed by atoms with van der Waals surface area (Å²) in [4.78, 5) is 0. The molecule has 0 radical (unpaired) electrons. The van der Waals surface area contributed by atoms with Crippen molar-refractivity contribution in [3.05, 3.63) is 29.6 Å². The lowest BCUT2D eigenvalue weighted by molar-refractivity contribution is 0.0809. The van der Waals surface area contributed by atoms with E-state index in [9.17, 15) is 9.50 Å². The molecule has 82 valence electrons. The van der Waals surface area contributed by atoms with Gasteiger partial charge in [-0.3, -0.25) is 0 Å². The first-order chi connectivity index (χ1) is 6.79. The number of halogens is 1. The molecule has 0 spiro atoms. The van der Waals surface area contributed by atoms with E-state index < -0.39 is 18.5 Å². The third kappa shape index (κ3) is 3.62. The van der Waals surface area contributed by atoms with E-state index in [0.29, 0.717) is 12.0 Å². The molecule has 0 atom stereocenters. The molecule has 0 unspecified atom stereocenters. The Hall–Kier alpha value is -0.905. The average Bonchev–Trinajstić information content (AvgIpc) is 1.99. The molecule has 0 amide bonds. The van der Waals surface area contributed by atoms with Gasteiger partial charge in [0.15, 0.2) is 0 Å². The summed E-state index contributed by atoms with van der Waals surface area (Å²) in [5, 5.41) is 27.1. The first kappa shape index (κ1) is 12.2. The van der Waals surface area contributed by atoms with Crippen molar-refractivity contribution in [1.82, 2.24) is 0 Å². The normalized spacial score (nSPS) is 11.6. The molecule has 1 rings (SSSR count). The summed E-state index contributed by atoms with van der Waals surface area (Å²) in [5.74, 6) is -0.674. The van der Waals surface area contributed by atoms with Gasteiger partial charge in [-0.2, -0.15) is 0 Å². The molecular formula is C10H14BFO3. The van der Waals surface area contributed by atoms with Crippen molar-refractivity contribution in [1.29, 1.82) is 0 Å². The monoisotopic (exact) mass is 212 g/mol. The number of hydrogen-bond acceptors (Lipinski definition) is 3. The van der Waals surface area contributed by atoms with Crippen LogP contribution in [-0.2, 0) is 6.42 Å². The van der Waals surface area contributed by atoms with E-state index in [2.05, 4.69) is 0 Å². The number of hydrogen-bond donors (Lipinski definition) is 3. The summed E-state index contributed by atoms with van der Waals surface area (Å²) in [5.41, 5.74) is -0.454. The molecule has 0 heterocycles. The van der Waals surface area contributed by atoms with Crippen LogP contribution in [0.25, 0.3) is 0 Å². The van der Waals surface area contributed by atoms with Crippen molar-refractivity contribution < 1.29 is 19.5 Å². The van der Waals surface area contributed by atoms with Crippen LogP contribution in [0.15, 0.2) is 18.2 Å². The minimum atomic E-state index is -1.80. The second-order valence-electron chi connectivity index (χ2n) is 4.22. The first-order valence-corrected chi connectivity index (χ1v) is 4.66. The molecule has 0 saturated heterocycles. The fourth-order valence-corrected chi connectivity index (χ4v) is 1.39. The smallest absolute Gasteiger partial charge is 0.423 e. The van der Waals surface area contributed by atoms with Gasteiger partial charge in [-0.15, -0.1) is 0 Å². The summed E-state index contributed by atoms with van der Waals surface area (Å²) < 4.78 is 13.3. The molecule has 0 aliphatic heterocycles. The van der Waals surface area contributed by atoms with Crippen molar-refractivity contribution in [3.63, 3.8) is 0 Å². The van der Waals surface area contributed by atoms with Gasteiger partial charge < -0.3 is 15.2 Å². The highest BCUT2D eigenvalue weighted by molar-refractivity contribution is 6.58. The van der Waals surface area contributed by atoms with E-state index in [-0.39, 0.29) is 5.46 Å². The number of rotatable bonds is 3. The Labute approximate surface area is 88.3 Å². The predicted molar refractivity (Wildman–Crippen MR) is 56.2 cm³/mol. The SMILES string of the molecule is CC(C)(O)Cc1ccc(B(O)O)c(F)c1. The molecule has 15 heavy (non-hydrogen) atoms. The van der Waals surface area contributed by atoms with Crippen molar-refractivity contribution in [2.24, 2.45) is 0 Å². The summed E-state index contributed by atoms with van der Waals surface area (Å²) in [6.07, 6.45) is 0.311. The zero-order chi connectivity index (χ0) is 11.6. The van der Waals surface area contributed by atoms with Gasteiger partial charge in [-0.25, -0.2) is 4.39 Å². The van der Waals surface area contributed by atoms with Crippen LogP contribution in [0.3, 0.4) is 0 Å². The van der Waals surface area contributed by atoms with Gasteiger partial charge >= 0.3 is 7.12 Å². The largest absolute Gasteiger partial charge is 0.491 e. The average molecular weight is 212 g/mol. The van der Waals surface area contributed by atoms with E-state index in [0.717, 1.165) is 0 Å². The van der Waals surface area contributed by atoms with Gasteiger partial charge in [0.25, 0.3) is 0 Å². The predicted octanol–water partition coefficient (Wildman–Crippen LogP) is -0.181. The molecule has 5 heteroatoms. The van der Waals surface area contributed by atoms with Gasteiger partial charge in [0.1, 0.15) is 5.82 Å². The maximum atomic E-state index is 13.3. The summed E-state index contributed by atoms with van der Waals surface area (Å²) in [7, 11) is -1.80. The Bertz CT molecular complexity index is 347. The molecule has 3 nitrogen and oxygen atoms in total. The van der Waals surface area contributed by atoms with E-state index in [1.165, 1.54) is 12.1 Å². The molecule has 1 aromatic carbocycles. The van der Waals surface area contributed by atoms with E-state index in [1.54, 1.807) is 19.9 Å². The molecule has 0 aliphatic carbocycles. The zero-order valence-corrected chi connectivity index (χ0v) is 8.74. The van der Waals surface area contributed by atoms with Crippen LogP contribution < -0.4 is 5.46 Å². The second-order valence-corrected chi connectivity index (χ2v) is 4.22. The van der Waals surface area contributed by atoms with Crippen LogP contribution in [0.4, 0.5) is 4.39 Å². The lowest BCUT2D eigenvalue weighted by atomic mass is 9.79. The molecule has 0 bridgehead atoms. The fourth-order valence-electron chi connectivity index (χ4n) is 1.39. The maximum absolute atomic E-state index is 13.3. The third-order valence-electron chi connectivity index (χ3n) is 1.98. The van der Waals surface area contributed by atoms with Crippen molar-refractivity contribution in [3.8, 4) is 0 Å². The number of aliphatic hydroxyl groups is 1. The van der Waals surface area contributed by atoms with Crippen molar-refractivity contribution >= 4 is 12.6 Å². The molecule has 0 aromatic heterocycles. The van der Waals surface area contributed by atoms with Crippen LogP contribution in [0.5, 0.6) is 0 Å². The lowest BCUT2D eigenvalue weighted by Gasteiger charge is -2.17. The minimum absolute atomic E-state index is 0.158. The van der Waals surface area contributed by atoms with Crippen LogP contribution >= 0.6 is 0 Å². The highest BCUT2D eigenvalue weighted by Crippen LogP contribution is 2.12. The van der Waals surface area contributed by atoms with Crippen LogP contribution in [0, 0.1) is 5.82 Å². The van der Waals surface area contributed by atoms with Gasteiger partial charge in [-0.1, -0.05) is 12.1 Å². The molecule has 0 saturated carbocycles.